The van der Waals surface area contributed by atoms with Gasteiger partial charge >= 0.3 is 5.97 Å². The second-order valence-electron chi connectivity index (χ2n) is 3.76. The van der Waals surface area contributed by atoms with Gasteiger partial charge in [0.2, 0.25) is 0 Å². The standard InChI is InChI=1S/C12H10O2S/c1-14-11(13)12-7-6-9(12)8-4-2-3-5-10(8)15-12/h2-7,9H,1H3. The van der Waals surface area contributed by atoms with Crippen molar-refractivity contribution in [1.29, 1.82) is 0 Å². The van der Waals surface area contributed by atoms with Gasteiger partial charge in [0.05, 0.1) is 7.11 Å². The van der Waals surface area contributed by atoms with Crippen LogP contribution in [0, 0.1) is 0 Å². The maximum Gasteiger partial charge on any atom is 0.327 e. The van der Waals surface area contributed by atoms with Crippen LogP contribution in [0.15, 0.2) is 41.3 Å². The van der Waals surface area contributed by atoms with Crippen molar-refractivity contribution in [3.63, 3.8) is 0 Å². The lowest BCUT2D eigenvalue weighted by Gasteiger charge is -2.34. The molecule has 15 heavy (non-hydrogen) atoms. The molecule has 0 fully saturated rings. The molecule has 0 saturated carbocycles. The Kier molecular flexibility index (Phi) is 1.74. The van der Waals surface area contributed by atoms with Crippen molar-refractivity contribution < 1.29 is 9.53 Å². The van der Waals surface area contributed by atoms with Crippen molar-refractivity contribution in [2.24, 2.45) is 0 Å². The van der Waals surface area contributed by atoms with Crippen molar-refractivity contribution in [3.8, 4) is 0 Å². The SMILES string of the molecule is COC(=O)C12C=CC1c1ccccc1S2. The molecule has 1 aromatic carbocycles. The summed E-state index contributed by atoms with van der Waals surface area (Å²) >= 11 is 1.60. The molecule has 0 saturated heterocycles. The fourth-order valence-electron chi connectivity index (χ4n) is 2.21. The first-order chi connectivity index (χ1) is 7.28. The number of ether oxygens (including phenoxy) is 1. The highest BCUT2D eigenvalue weighted by Crippen LogP contribution is 2.59. The van der Waals surface area contributed by atoms with Crippen molar-refractivity contribution in [1.82, 2.24) is 0 Å². The second kappa shape index (κ2) is 2.89. The molecule has 2 aliphatic rings. The molecule has 76 valence electrons. The van der Waals surface area contributed by atoms with Crippen LogP contribution in [0.3, 0.4) is 0 Å². The van der Waals surface area contributed by atoms with Gasteiger partial charge in [0, 0.05) is 10.8 Å². The van der Waals surface area contributed by atoms with Crippen LogP contribution in [0.5, 0.6) is 0 Å². The number of benzene rings is 1. The third-order valence-corrected chi connectivity index (χ3v) is 4.52. The number of carbonyl (C=O) groups is 1. The summed E-state index contributed by atoms with van der Waals surface area (Å²) in [5, 5.41) is 0. The Bertz CT molecular complexity index is 466. The van der Waals surface area contributed by atoms with E-state index in [2.05, 4.69) is 18.2 Å². The van der Waals surface area contributed by atoms with Gasteiger partial charge in [-0.15, -0.1) is 11.8 Å². The molecule has 0 radical (unpaired) electrons. The van der Waals surface area contributed by atoms with E-state index < -0.39 is 4.75 Å². The Hall–Kier alpha value is -1.22. The largest absolute Gasteiger partial charge is 0.468 e. The molecule has 0 aromatic heterocycles. The molecule has 3 heteroatoms. The number of fused-ring (bicyclic) bond motifs is 3. The fourth-order valence-corrected chi connectivity index (χ4v) is 3.68. The Morgan fingerprint density at radius 2 is 2.27 bits per heavy atom. The van der Waals surface area contributed by atoms with Gasteiger partial charge in [-0.3, -0.25) is 4.79 Å². The molecule has 1 heterocycles. The number of thioether (sulfide) groups is 1. The molecule has 1 aliphatic carbocycles. The Morgan fingerprint density at radius 3 is 2.93 bits per heavy atom. The molecule has 0 spiro atoms. The quantitative estimate of drug-likeness (QED) is 0.534. The van der Waals surface area contributed by atoms with E-state index in [1.54, 1.807) is 11.8 Å². The lowest BCUT2D eigenvalue weighted by Crippen LogP contribution is -2.42. The van der Waals surface area contributed by atoms with Gasteiger partial charge in [0.1, 0.15) is 4.75 Å². The molecule has 2 atom stereocenters. The van der Waals surface area contributed by atoms with E-state index in [0.29, 0.717) is 0 Å². The number of hydrogen-bond donors (Lipinski definition) is 0. The first-order valence-corrected chi connectivity index (χ1v) is 5.65. The molecule has 0 amide bonds. The Balaban J connectivity index is 2.08. The zero-order chi connectivity index (χ0) is 10.5. The molecule has 1 aromatic rings. The Morgan fingerprint density at radius 1 is 1.47 bits per heavy atom. The summed E-state index contributed by atoms with van der Waals surface area (Å²) < 4.78 is 4.41. The number of methoxy groups -OCH3 is 1. The molecule has 3 rings (SSSR count). The molecule has 0 bridgehead atoms. The summed E-state index contributed by atoms with van der Waals surface area (Å²) in [6, 6.07) is 8.16. The van der Waals surface area contributed by atoms with Crippen molar-refractivity contribution in [2.45, 2.75) is 15.6 Å². The zero-order valence-corrected chi connectivity index (χ0v) is 9.08. The highest BCUT2D eigenvalue weighted by atomic mass is 32.2. The first kappa shape index (κ1) is 9.04. The average molecular weight is 218 g/mol. The third-order valence-electron chi connectivity index (χ3n) is 3.04. The predicted octanol–water partition coefficient (Wildman–Crippen LogP) is 2.36. The predicted molar refractivity (Wildman–Crippen MR) is 58.9 cm³/mol. The summed E-state index contributed by atoms with van der Waals surface area (Å²) in [5.41, 5.74) is 1.25. The molecule has 2 unspecified atom stereocenters. The van der Waals surface area contributed by atoms with Crippen molar-refractivity contribution in [3.05, 3.63) is 42.0 Å². The van der Waals surface area contributed by atoms with Crippen molar-refractivity contribution >= 4 is 17.7 Å². The Labute approximate surface area is 92.3 Å². The van der Waals surface area contributed by atoms with E-state index >= 15 is 0 Å². The lowest BCUT2D eigenvalue weighted by atomic mass is 9.77. The van der Waals surface area contributed by atoms with Crippen LogP contribution in [0.4, 0.5) is 0 Å². The molecular formula is C12H10O2S. The van der Waals surface area contributed by atoms with Crippen LogP contribution in [-0.2, 0) is 9.53 Å². The van der Waals surface area contributed by atoms with Gasteiger partial charge in [0.25, 0.3) is 0 Å². The normalized spacial score (nSPS) is 30.3. The third kappa shape index (κ3) is 0.988. The van der Waals surface area contributed by atoms with E-state index in [1.165, 1.54) is 17.6 Å². The zero-order valence-electron chi connectivity index (χ0n) is 8.27. The maximum atomic E-state index is 11.8. The van der Waals surface area contributed by atoms with Crippen molar-refractivity contribution in [2.75, 3.05) is 7.11 Å². The highest BCUT2D eigenvalue weighted by molar-refractivity contribution is 8.02. The van der Waals surface area contributed by atoms with E-state index in [4.69, 9.17) is 4.74 Å². The number of rotatable bonds is 1. The van der Waals surface area contributed by atoms with Gasteiger partial charge in [-0.05, 0) is 11.6 Å². The lowest BCUT2D eigenvalue weighted by molar-refractivity contribution is -0.142. The van der Waals surface area contributed by atoms with Crippen LogP contribution in [0.1, 0.15) is 11.5 Å². The van der Waals surface area contributed by atoms with Gasteiger partial charge in [0.15, 0.2) is 0 Å². The highest BCUT2D eigenvalue weighted by Gasteiger charge is 2.55. The fraction of sp³-hybridized carbons (Fsp3) is 0.250. The minimum atomic E-state index is -0.474. The second-order valence-corrected chi connectivity index (χ2v) is 5.08. The molecular weight excluding hydrogens is 208 g/mol. The first-order valence-electron chi connectivity index (χ1n) is 4.83. The van der Waals surface area contributed by atoms with E-state index in [1.807, 2.05) is 18.2 Å². The summed E-state index contributed by atoms with van der Waals surface area (Å²) in [7, 11) is 1.45. The minimum absolute atomic E-state index is 0.142. The molecule has 0 N–H and O–H groups in total. The van der Waals surface area contributed by atoms with Crippen LogP contribution in [0.25, 0.3) is 0 Å². The molecule has 1 aliphatic heterocycles. The van der Waals surface area contributed by atoms with Crippen LogP contribution >= 0.6 is 11.8 Å². The number of hydrogen-bond acceptors (Lipinski definition) is 3. The molecule has 2 nitrogen and oxygen atoms in total. The summed E-state index contributed by atoms with van der Waals surface area (Å²) in [5.74, 6) is 0.0577. The number of allylic oxidation sites excluding steroid dienone is 1. The van der Waals surface area contributed by atoms with E-state index in [-0.39, 0.29) is 11.9 Å². The number of carbonyl (C=O) groups excluding carboxylic acids is 1. The summed E-state index contributed by atoms with van der Waals surface area (Å²) in [6.07, 6.45) is 4.03. The van der Waals surface area contributed by atoms with E-state index in [0.717, 1.165) is 0 Å². The average Bonchev–Trinajstić information content (AvgIpc) is 2.46. The number of esters is 1. The van der Waals surface area contributed by atoms with Gasteiger partial charge < -0.3 is 4.74 Å². The van der Waals surface area contributed by atoms with Crippen LogP contribution in [-0.4, -0.2) is 17.8 Å². The summed E-state index contributed by atoms with van der Waals surface area (Å²) in [4.78, 5) is 13.0. The van der Waals surface area contributed by atoms with Crippen LogP contribution < -0.4 is 0 Å². The maximum absolute atomic E-state index is 11.8. The monoisotopic (exact) mass is 218 g/mol. The smallest absolute Gasteiger partial charge is 0.327 e. The van der Waals surface area contributed by atoms with Gasteiger partial charge in [-0.25, -0.2) is 0 Å². The minimum Gasteiger partial charge on any atom is -0.468 e. The summed E-state index contributed by atoms with van der Waals surface area (Å²) in [6.45, 7) is 0. The van der Waals surface area contributed by atoms with Gasteiger partial charge in [-0.2, -0.15) is 0 Å². The van der Waals surface area contributed by atoms with Crippen LogP contribution in [0.2, 0.25) is 0 Å². The topological polar surface area (TPSA) is 26.3 Å². The van der Waals surface area contributed by atoms with Gasteiger partial charge in [-0.1, -0.05) is 30.4 Å². The van der Waals surface area contributed by atoms with E-state index in [9.17, 15) is 4.79 Å².